The van der Waals surface area contributed by atoms with Gasteiger partial charge in [-0.1, -0.05) is 12.1 Å². The van der Waals surface area contributed by atoms with Gasteiger partial charge >= 0.3 is 6.01 Å². The van der Waals surface area contributed by atoms with Crippen LogP contribution in [0.15, 0.2) is 36.7 Å². The highest BCUT2D eigenvalue weighted by atomic mass is 16.5. The molecular formula is C18H13N5O2. The fraction of sp³-hybridized carbons (Fsp3) is 0.111. The van der Waals surface area contributed by atoms with E-state index in [0.717, 1.165) is 16.9 Å². The van der Waals surface area contributed by atoms with Crippen LogP contribution in [0.1, 0.15) is 11.1 Å². The molecule has 0 atom stereocenters. The summed E-state index contributed by atoms with van der Waals surface area (Å²) in [6.45, 7) is 0.287. The minimum atomic E-state index is 0.170. The van der Waals surface area contributed by atoms with Gasteiger partial charge in [-0.2, -0.15) is 5.26 Å². The predicted molar refractivity (Wildman–Crippen MR) is 90.7 cm³/mol. The molecule has 0 saturated heterocycles. The topological polar surface area (TPSA) is 107 Å². The van der Waals surface area contributed by atoms with Crippen molar-refractivity contribution in [3.63, 3.8) is 0 Å². The number of nitrogens with zero attached hydrogens (tertiary/aromatic N) is 4. The summed E-state index contributed by atoms with van der Waals surface area (Å²) in [5.74, 6) is 0.910. The van der Waals surface area contributed by atoms with E-state index in [-0.39, 0.29) is 24.0 Å². The second-order valence-corrected chi connectivity index (χ2v) is 5.43. The van der Waals surface area contributed by atoms with Gasteiger partial charge in [-0.3, -0.25) is 0 Å². The van der Waals surface area contributed by atoms with Crippen LogP contribution in [0.3, 0.4) is 0 Å². The Kier molecular flexibility index (Phi) is 3.43. The van der Waals surface area contributed by atoms with Crippen LogP contribution in [0.2, 0.25) is 0 Å². The van der Waals surface area contributed by atoms with Crippen LogP contribution >= 0.6 is 0 Å². The molecule has 4 rings (SSSR count). The Labute approximate surface area is 143 Å². The van der Waals surface area contributed by atoms with E-state index in [1.165, 1.54) is 7.11 Å². The molecule has 0 bridgehead atoms. The zero-order valence-corrected chi connectivity index (χ0v) is 13.4. The fourth-order valence-electron chi connectivity index (χ4n) is 2.93. The van der Waals surface area contributed by atoms with Crippen molar-refractivity contribution in [1.29, 1.82) is 5.26 Å². The lowest BCUT2D eigenvalue weighted by atomic mass is 9.92. The molecule has 0 fully saturated rings. The average Bonchev–Trinajstić information content (AvgIpc) is 2.67. The van der Waals surface area contributed by atoms with Crippen LogP contribution in [0.5, 0.6) is 11.8 Å². The number of pyridine rings is 1. The van der Waals surface area contributed by atoms with Crippen molar-refractivity contribution in [3.8, 4) is 40.2 Å². The highest BCUT2D eigenvalue weighted by Crippen LogP contribution is 2.42. The quantitative estimate of drug-likeness (QED) is 0.769. The largest absolute Gasteiger partial charge is 0.488 e. The van der Waals surface area contributed by atoms with Crippen molar-refractivity contribution >= 4 is 5.82 Å². The van der Waals surface area contributed by atoms with E-state index in [1.807, 2.05) is 24.3 Å². The second kappa shape index (κ2) is 5.76. The molecule has 0 saturated carbocycles. The van der Waals surface area contributed by atoms with Gasteiger partial charge in [0.05, 0.1) is 12.8 Å². The Morgan fingerprint density at radius 1 is 1.24 bits per heavy atom. The van der Waals surface area contributed by atoms with Gasteiger partial charge in [-0.25, -0.2) is 15.0 Å². The summed E-state index contributed by atoms with van der Waals surface area (Å²) < 4.78 is 10.8. The lowest BCUT2D eigenvalue weighted by molar-refractivity contribution is 0.302. The molecule has 2 aromatic heterocycles. The molecular weight excluding hydrogens is 318 g/mol. The lowest BCUT2D eigenvalue weighted by Gasteiger charge is -2.23. The highest BCUT2D eigenvalue weighted by Gasteiger charge is 2.26. The Hall–Kier alpha value is -3.66. The first-order valence-electron chi connectivity index (χ1n) is 7.54. The minimum Gasteiger partial charge on any atom is -0.488 e. The smallest absolute Gasteiger partial charge is 0.316 e. The summed E-state index contributed by atoms with van der Waals surface area (Å²) in [7, 11) is 1.49. The molecule has 0 aliphatic carbocycles. The average molecular weight is 331 g/mol. The van der Waals surface area contributed by atoms with E-state index in [1.54, 1.807) is 12.4 Å². The number of rotatable bonds is 2. The van der Waals surface area contributed by atoms with Gasteiger partial charge in [0.2, 0.25) is 0 Å². The lowest BCUT2D eigenvalue weighted by Crippen LogP contribution is -2.12. The van der Waals surface area contributed by atoms with Gasteiger partial charge in [0, 0.05) is 34.6 Å². The summed E-state index contributed by atoms with van der Waals surface area (Å²) in [5, 5.41) is 9.58. The number of anilines is 1. The van der Waals surface area contributed by atoms with E-state index in [9.17, 15) is 5.26 Å². The van der Waals surface area contributed by atoms with E-state index in [0.29, 0.717) is 16.8 Å². The number of nitriles is 1. The number of aromatic nitrogens is 3. The zero-order valence-electron chi connectivity index (χ0n) is 13.4. The van der Waals surface area contributed by atoms with Crippen LogP contribution in [-0.4, -0.2) is 22.1 Å². The van der Waals surface area contributed by atoms with Gasteiger partial charge in [0.1, 0.15) is 29.8 Å². The maximum absolute atomic E-state index is 9.58. The number of hydrogen-bond donors (Lipinski definition) is 1. The number of para-hydroxylation sites is 1. The Balaban J connectivity index is 2.01. The number of methoxy groups -OCH3 is 1. The number of fused-ring (bicyclic) bond motifs is 3. The fourth-order valence-corrected chi connectivity index (χ4v) is 2.93. The monoisotopic (exact) mass is 331 g/mol. The molecule has 3 aromatic rings. The predicted octanol–water partition coefficient (Wildman–Crippen LogP) is 2.56. The van der Waals surface area contributed by atoms with Gasteiger partial charge in [0.25, 0.3) is 0 Å². The Bertz CT molecular complexity index is 1010. The molecule has 1 aliphatic rings. The van der Waals surface area contributed by atoms with E-state index in [2.05, 4.69) is 21.0 Å². The summed E-state index contributed by atoms with van der Waals surface area (Å²) in [6.07, 6.45) is 3.20. The molecule has 1 aliphatic heterocycles. The first-order valence-corrected chi connectivity index (χ1v) is 7.54. The van der Waals surface area contributed by atoms with Crippen molar-refractivity contribution < 1.29 is 9.47 Å². The SMILES string of the molecule is COc1ncc(-c2c(C#N)c(N)nc3c2COc2ccccc2-3)cn1. The molecule has 0 radical (unpaired) electrons. The summed E-state index contributed by atoms with van der Waals surface area (Å²) in [5.41, 5.74) is 10.00. The molecule has 25 heavy (non-hydrogen) atoms. The van der Waals surface area contributed by atoms with Crippen LogP contribution < -0.4 is 15.2 Å². The maximum Gasteiger partial charge on any atom is 0.316 e. The van der Waals surface area contributed by atoms with Gasteiger partial charge in [0.15, 0.2) is 0 Å². The third-order valence-electron chi connectivity index (χ3n) is 4.05. The normalized spacial score (nSPS) is 11.7. The van der Waals surface area contributed by atoms with Crippen LogP contribution in [0, 0.1) is 11.3 Å². The van der Waals surface area contributed by atoms with Gasteiger partial charge in [-0.15, -0.1) is 0 Å². The highest BCUT2D eigenvalue weighted by molar-refractivity contribution is 5.86. The molecule has 0 amide bonds. The van der Waals surface area contributed by atoms with Crippen molar-refractivity contribution in [1.82, 2.24) is 15.0 Å². The number of benzene rings is 1. The number of nitrogens with two attached hydrogens (primary N) is 1. The molecule has 7 heteroatoms. The third-order valence-corrected chi connectivity index (χ3v) is 4.05. The second-order valence-electron chi connectivity index (χ2n) is 5.43. The van der Waals surface area contributed by atoms with E-state index in [4.69, 9.17) is 15.2 Å². The first kappa shape index (κ1) is 14.9. The van der Waals surface area contributed by atoms with E-state index >= 15 is 0 Å². The van der Waals surface area contributed by atoms with E-state index < -0.39 is 0 Å². The number of nitrogen functional groups attached to an aromatic ring is 1. The molecule has 2 N–H and O–H groups in total. The van der Waals surface area contributed by atoms with Gasteiger partial charge in [-0.05, 0) is 12.1 Å². The standard InChI is InChI=1S/C18H13N5O2/c1-24-18-21-7-10(8-22-18)15-12(6-19)17(20)23-16-11-4-2-3-5-14(11)25-9-13(15)16/h2-5,7-8H,9H2,1H3,(H2,20,23). The molecule has 1 aromatic carbocycles. The van der Waals surface area contributed by atoms with Gasteiger partial charge < -0.3 is 15.2 Å². The molecule has 0 unspecified atom stereocenters. The molecule has 0 spiro atoms. The Morgan fingerprint density at radius 2 is 2.00 bits per heavy atom. The van der Waals surface area contributed by atoms with Crippen LogP contribution in [0.4, 0.5) is 5.82 Å². The summed E-state index contributed by atoms with van der Waals surface area (Å²) >= 11 is 0. The number of ether oxygens (including phenoxy) is 2. The maximum atomic E-state index is 9.58. The third kappa shape index (κ3) is 2.32. The Morgan fingerprint density at radius 3 is 2.72 bits per heavy atom. The van der Waals surface area contributed by atoms with Crippen molar-refractivity contribution in [2.75, 3.05) is 12.8 Å². The van der Waals surface area contributed by atoms with Crippen molar-refractivity contribution in [3.05, 3.63) is 47.8 Å². The van der Waals surface area contributed by atoms with Crippen LogP contribution in [0.25, 0.3) is 22.4 Å². The van der Waals surface area contributed by atoms with Crippen LogP contribution in [-0.2, 0) is 6.61 Å². The summed E-state index contributed by atoms with van der Waals surface area (Å²) in [6, 6.07) is 9.99. The van der Waals surface area contributed by atoms with Crippen molar-refractivity contribution in [2.45, 2.75) is 6.61 Å². The first-order chi connectivity index (χ1) is 12.2. The molecule has 122 valence electrons. The molecule has 7 nitrogen and oxygen atoms in total. The zero-order chi connectivity index (χ0) is 17.4. The summed E-state index contributed by atoms with van der Waals surface area (Å²) in [4.78, 5) is 12.7. The number of hydrogen-bond acceptors (Lipinski definition) is 7. The van der Waals surface area contributed by atoms with Crippen molar-refractivity contribution in [2.24, 2.45) is 0 Å². The molecule has 3 heterocycles. The minimum absolute atomic E-state index is 0.170.